The topological polar surface area (TPSA) is 112 Å². The molecule has 1 aliphatic carbocycles. The third-order valence-electron chi connectivity index (χ3n) is 6.05. The number of esters is 2. The first kappa shape index (κ1) is 31.6. The van der Waals surface area contributed by atoms with Gasteiger partial charge in [0.15, 0.2) is 0 Å². The summed E-state index contributed by atoms with van der Waals surface area (Å²) in [6.45, 7) is 14.4. The van der Waals surface area contributed by atoms with Crippen molar-refractivity contribution in [3.05, 3.63) is 89.8 Å². The predicted octanol–water partition coefficient (Wildman–Crippen LogP) is 4.48. The smallest absolute Gasteiger partial charge is 0.333 e. The molecule has 0 aromatic heterocycles. The number of allylic oxidation sites excluding steroid dienone is 5. The van der Waals surface area contributed by atoms with Gasteiger partial charge in [-0.05, 0) is 55.7 Å². The van der Waals surface area contributed by atoms with Gasteiger partial charge < -0.3 is 29.2 Å². The highest BCUT2D eigenvalue weighted by atomic mass is 16.6. The second kappa shape index (κ2) is 15.1. The number of rotatable bonds is 15. The molecule has 0 fully saturated rings. The summed E-state index contributed by atoms with van der Waals surface area (Å²) in [7, 11) is 0. The van der Waals surface area contributed by atoms with E-state index in [9.17, 15) is 19.8 Å². The number of carbonyl (C=O) groups excluding carboxylic acids is 2. The molecule has 1 aromatic carbocycles. The standard InChI is InChI=1S/C31H40O8/c1-21(2)29(34)36-17-16-25(32)18-37-28-14-11-24(12-15-28)31(5,6)23-8-7-9-27(13-10-23)38-19-26(33)20-39-30(35)22(3)4/h8-15,25-26,32-33H,1,3,7,16-20H2,2,4-6H3. The Bertz CT molecular complexity index is 1110. The van der Waals surface area contributed by atoms with Gasteiger partial charge in [0.1, 0.15) is 37.4 Å². The van der Waals surface area contributed by atoms with Gasteiger partial charge in [-0.3, -0.25) is 0 Å². The van der Waals surface area contributed by atoms with Crippen LogP contribution < -0.4 is 4.74 Å². The lowest BCUT2D eigenvalue weighted by Crippen LogP contribution is -2.23. The third-order valence-corrected chi connectivity index (χ3v) is 6.05. The van der Waals surface area contributed by atoms with E-state index in [0.717, 1.165) is 11.1 Å². The van der Waals surface area contributed by atoms with E-state index >= 15 is 0 Å². The largest absolute Gasteiger partial charge is 0.491 e. The van der Waals surface area contributed by atoms with Crippen LogP contribution in [0.3, 0.4) is 0 Å². The minimum absolute atomic E-state index is 0.00578. The highest BCUT2D eigenvalue weighted by Gasteiger charge is 2.25. The molecule has 212 valence electrons. The molecule has 8 heteroatoms. The van der Waals surface area contributed by atoms with Crippen LogP contribution >= 0.6 is 0 Å². The normalized spacial score (nSPS) is 14.7. The van der Waals surface area contributed by atoms with Crippen molar-refractivity contribution in [3.63, 3.8) is 0 Å². The molecule has 2 N–H and O–H groups in total. The maximum Gasteiger partial charge on any atom is 0.333 e. The van der Waals surface area contributed by atoms with Crippen molar-refractivity contribution in [1.29, 1.82) is 0 Å². The molecule has 2 rings (SSSR count). The number of hydrogen-bond donors (Lipinski definition) is 2. The number of benzene rings is 1. The Labute approximate surface area is 230 Å². The molecular weight excluding hydrogens is 500 g/mol. The maximum atomic E-state index is 11.5. The average molecular weight is 541 g/mol. The molecule has 0 aliphatic heterocycles. The minimum atomic E-state index is -0.948. The van der Waals surface area contributed by atoms with Crippen LogP contribution in [0.25, 0.3) is 0 Å². The lowest BCUT2D eigenvalue weighted by atomic mass is 9.77. The quantitative estimate of drug-likeness (QED) is 0.247. The van der Waals surface area contributed by atoms with Crippen LogP contribution in [0.5, 0.6) is 5.75 Å². The molecule has 0 spiro atoms. The van der Waals surface area contributed by atoms with E-state index < -0.39 is 24.1 Å². The molecule has 1 aromatic rings. The molecule has 8 nitrogen and oxygen atoms in total. The predicted molar refractivity (Wildman–Crippen MR) is 149 cm³/mol. The summed E-state index contributed by atoms with van der Waals surface area (Å²) in [5, 5.41) is 20.1. The Hall–Kier alpha value is -3.62. The number of aliphatic hydroxyl groups excluding tert-OH is 2. The van der Waals surface area contributed by atoms with Crippen molar-refractivity contribution < 1.29 is 38.7 Å². The summed E-state index contributed by atoms with van der Waals surface area (Å²) in [6.07, 6.45) is 7.11. The van der Waals surface area contributed by atoms with Crippen LogP contribution in [0, 0.1) is 0 Å². The van der Waals surface area contributed by atoms with Crippen molar-refractivity contribution in [3.8, 4) is 5.75 Å². The zero-order valence-electron chi connectivity index (χ0n) is 23.3. The third kappa shape index (κ3) is 10.6. The van der Waals surface area contributed by atoms with Gasteiger partial charge in [-0.15, -0.1) is 0 Å². The van der Waals surface area contributed by atoms with Crippen LogP contribution in [0.15, 0.2) is 84.2 Å². The van der Waals surface area contributed by atoms with Crippen LogP contribution in [-0.4, -0.2) is 60.8 Å². The first-order chi connectivity index (χ1) is 18.4. The molecule has 2 unspecified atom stereocenters. The fraction of sp³-hybridized carbons (Fsp3) is 0.419. The van der Waals surface area contributed by atoms with Gasteiger partial charge in [-0.2, -0.15) is 0 Å². The molecule has 0 amide bonds. The van der Waals surface area contributed by atoms with Crippen LogP contribution in [0.2, 0.25) is 0 Å². The van der Waals surface area contributed by atoms with Crippen molar-refractivity contribution in [2.45, 2.75) is 58.2 Å². The van der Waals surface area contributed by atoms with Crippen molar-refractivity contribution in [2.75, 3.05) is 26.4 Å². The van der Waals surface area contributed by atoms with Gasteiger partial charge in [0.25, 0.3) is 0 Å². The first-order valence-corrected chi connectivity index (χ1v) is 12.9. The molecule has 0 bridgehead atoms. The van der Waals surface area contributed by atoms with Crippen LogP contribution in [-0.2, 0) is 29.2 Å². The highest BCUT2D eigenvalue weighted by molar-refractivity contribution is 5.87. The zero-order chi connectivity index (χ0) is 29.0. The van der Waals surface area contributed by atoms with Crippen LogP contribution in [0.4, 0.5) is 0 Å². The first-order valence-electron chi connectivity index (χ1n) is 12.9. The highest BCUT2D eigenvalue weighted by Crippen LogP contribution is 2.34. The maximum absolute atomic E-state index is 11.5. The Kier molecular flexibility index (Phi) is 12.2. The van der Waals surface area contributed by atoms with Gasteiger partial charge in [0.2, 0.25) is 0 Å². The average Bonchev–Trinajstić information content (AvgIpc) is 3.15. The van der Waals surface area contributed by atoms with E-state index in [-0.39, 0.29) is 43.8 Å². The number of aliphatic hydroxyl groups is 2. The van der Waals surface area contributed by atoms with Gasteiger partial charge in [-0.1, -0.05) is 51.3 Å². The number of carbonyl (C=O) groups is 2. The molecule has 0 saturated carbocycles. The number of hydrogen-bond acceptors (Lipinski definition) is 8. The number of ether oxygens (including phenoxy) is 4. The summed E-state index contributed by atoms with van der Waals surface area (Å²) in [6, 6.07) is 7.70. The Morgan fingerprint density at radius 3 is 2.13 bits per heavy atom. The summed E-state index contributed by atoms with van der Waals surface area (Å²) >= 11 is 0. The molecule has 0 heterocycles. The molecule has 39 heavy (non-hydrogen) atoms. The van der Waals surface area contributed by atoms with Crippen molar-refractivity contribution in [2.24, 2.45) is 0 Å². The monoisotopic (exact) mass is 540 g/mol. The minimum Gasteiger partial charge on any atom is -0.491 e. The van der Waals surface area contributed by atoms with Gasteiger partial charge in [0.05, 0.1) is 12.7 Å². The van der Waals surface area contributed by atoms with E-state index in [4.69, 9.17) is 18.9 Å². The van der Waals surface area contributed by atoms with Crippen LogP contribution in [0.1, 0.15) is 46.1 Å². The lowest BCUT2D eigenvalue weighted by Gasteiger charge is -2.27. The van der Waals surface area contributed by atoms with Crippen molar-refractivity contribution >= 4 is 11.9 Å². The molecule has 0 radical (unpaired) electrons. The summed E-state index contributed by atoms with van der Waals surface area (Å²) in [4.78, 5) is 22.9. The fourth-order valence-electron chi connectivity index (χ4n) is 3.54. The molecule has 1 aliphatic rings. The fourth-order valence-corrected chi connectivity index (χ4v) is 3.54. The van der Waals surface area contributed by atoms with E-state index in [1.165, 1.54) is 0 Å². The molecule has 0 saturated heterocycles. The summed E-state index contributed by atoms with van der Waals surface area (Å²) in [5.74, 6) is 0.230. The second-order valence-electron chi connectivity index (χ2n) is 10.00. The van der Waals surface area contributed by atoms with Gasteiger partial charge in [0, 0.05) is 23.0 Å². The second-order valence-corrected chi connectivity index (χ2v) is 10.00. The SMILES string of the molecule is C=C(C)C(=O)OCCC(O)COc1ccc(C(C)(C)C2=CCC=C(OCC(O)COC(=O)C(=C)C)C=C2)cc1. The summed E-state index contributed by atoms with van der Waals surface area (Å²) < 4.78 is 21.3. The van der Waals surface area contributed by atoms with E-state index in [1.807, 2.05) is 42.5 Å². The Balaban J connectivity index is 1.85. The zero-order valence-corrected chi connectivity index (χ0v) is 23.3. The molecular formula is C31H40O8. The Morgan fingerprint density at radius 2 is 1.49 bits per heavy atom. The van der Waals surface area contributed by atoms with E-state index in [1.54, 1.807) is 13.8 Å². The van der Waals surface area contributed by atoms with E-state index in [2.05, 4.69) is 33.1 Å². The lowest BCUT2D eigenvalue weighted by molar-refractivity contribution is -0.142. The summed E-state index contributed by atoms with van der Waals surface area (Å²) in [5.41, 5.74) is 2.47. The molecule has 2 atom stereocenters. The van der Waals surface area contributed by atoms with E-state index in [0.29, 0.717) is 23.5 Å². The Morgan fingerprint density at radius 1 is 0.872 bits per heavy atom. The van der Waals surface area contributed by atoms with Crippen molar-refractivity contribution in [1.82, 2.24) is 0 Å². The van der Waals surface area contributed by atoms with Gasteiger partial charge >= 0.3 is 11.9 Å². The van der Waals surface area contributed by atoms with Gasteiger partial charge in [-0.25, -0.2) is 9.59 Å².